The Bertz CT molecular complexity index is 1100. The summed E-state index contributed by atoms with van der Waals surface area (Å²) in [4.78, 5) is 34.7. The van der Waals surface area contributed by atoms with Crippen LogP contribution >= 0.6 is 0 Å². The lowest BCUT2D eigenvalue weighted by atomic mass is 9.88. The molecule has 0 saturated carbocycles. The van der Waals surface area contributed by atoms with Gasteiger partial charge in [-0.05, 0) is 41.5 Å². The molecule has 46 heavy (non-hydrogen) atoms. The maximum atomic E-state index is 12.4. The van der Waals surface area contributed by atoms with E-state index in [-0.39, 0.29) is 57.1 Å². The monoisotopic (exact) mass is 662 g/mol. The molecule has 0 radical (unpaired) electrons. The largest absolute Gasteiger partial charge is 0.508 e. The molecule has 15 nitrogen and oxygen atoms in total. The molecule has 5 heterocycles. The Kier molecular flexibility index (Phi) is 11.0. The van der Waals surface area contributed by atoms with Gasteiger partial charge in [0.05, 0.1) is 13.2 Å². The highest BCUT2D eigenvalue weighted by Crippen LogP contribution is 2.48. The second-order valence-corrected chi connectivity index (χ2v) is 13.8. The van der Waals surface area contributed by atoms with Gasteiger partial charge in [0.2, 0.25) is 0 Å². The molecule has 0 amide bonds. The van der Waals surface area contributed by atoms with Crippen LogP contribution in [0.5, 0.6) is 0 Å². The number of carbonyl (C=O) groups is 3. The summed E-state index contributed by atoms with van der Waals surface area (Å²) < 4.78 is 66.4. The summed E-state index contributed by atoms with van der Waals surface area (Å²) in [6.07, 6.45) is -1.56. The number of fused-ring (bicyclic) bond motifs is 2. The maximum Gasteiger partial charge on any atom is 0.508 e. The second-order valence-electron chi connectivity index (χ2n) is 13.8. The molecule has 15 heteroatoms. The van der Waals surface area contributed by atoms with Gasteiger partial charge in [0.1, 0.15) is 43.2 Å². The van der Waals surface area contributed by atoms with Crippen molar-refractivity contribution in [2.24, 2.45) is 11.8 Å². The zero-order valence-corrected chi connectivity index (χ0v) is 28.5. The fourth-order valence-electron chi connectivity index (χ4n) is 5.93. The van der Waals surface area contributed by atoms with Gasteiger partial charge in [-0.2, -0.15) is 0 Å². The number of cyclic esters (lactones) is 2. The average molecular weight is 663 g/mol. The maximum absolute atomic E-state index is 12.4. The first-order valence-corrected chi connectivity index (χ1v) is 15.6. The Morgan fingerprint density at radius 1 is 0.804 bits per heavy atom. The summed E-state index contributed by atoms with van der Waals surface area (Å²) >= 11 is 0. The number of hydrogen-bond acceptors (Lipinski definition) is 15. The molecule has 5 fully saturated rings. The molecule has 264 valence electrons. The van der Waals surface area contributed by atoms with Gasteiger partial charge < -0.3 is 56.8 Å². The third-order valence-corrected chi connectivity index (χ3v) is 8.81. The van der Waals surface area contributed by atoms with Crippen LogP contribution in [-0.4, -0.2) is 118 Å². The summed E-state index contributed by atoms with van der Waals surface area (Å²) in [6.45, 7) is 16.9. The average Bonchev–Trinajstić information content (AvgIpc) is 3.60. The van der Waals surface area contributed by atoms with Gasteiger partial charge in [-0.1, -0.05) is 13.8 Å². The van der Waals surface area contributed by atoms with Crippen molar-refractivity contribution in [1.82, 2.24) is 0 Å². The van der Waals surface area contributed by atoms with Crippen LogP contribution in [0.4, 0.5) is 4.79 Å². The van der Waals surface area contributed by atoms with Gasteiger partial charge >= 0.3 is 18.1 Å². The molecule has 5 aliphatic rings. The highest BCUT2D eigenvalue weighted by molar-refractivity contribution is 5.78. The van der Waals surface area contributed by atoms with Gasteiger partial charge in [0.15, 0.2) is 29.8 Å². The first-order chi connectivity index (χ1) is 21.3. The van der Waals surface area contributed by atoms with Crippen molar-refractivity contribution in [3.63, 3.8) is 0 Å². The van der Waals surface area contributed by atoms with Crippen molar-refractivity contribution in [2.75, 3.05) is 46.8 Å². The normalized spacial score (nSPS) is 35.0. The molecule has 0 aliphatic carbocycles. The summed E-state index contributed by atoms with van der Waals surface area (Å²) in [5.74, 6) is -2.47. The lowest BCUT2D eigenvalue weighted by molar-refractivity contribution is -0.255. The van der Waals surface area contributed by atoms with E-state index in [1.54, 1.807) is 21.0 Å². The topological polar surface area (TPSA) is 162 Å². The summed E-state index contributed by atoms with van der Waals surface area (Å²) in [5.41, 5.74) is -2.86. The van der Waals surface area contributed by atoms with Crippen LogP contribution < -0.4 is 0 Å². The number of carbonyl (C=O) groups excluding carboxylic acids is 3. The van der Waals surface area contributed by atoms with Crippen LogP contribution in [0, 0.1) is 11.8 Å². The minimum Gasteiger partial charge on any atom is -0.463 e. The first kappa shape index (κ1) is 36.7. The van der Waals surface area contributed by atoms with E-state index in [2.05, 4.69) is 0 Å². The predicted molar refractivity (Wildman–Crippen MR) is 155 cm³/mol. The molecular formula is C31H50O15. The minimum atomic E-state index is -1.21. The van der Waals surface area contributed by atoms with Crippen LogP contribution in [0.3, 0.4) is 0 Å². The van der Waals surface area contributed by atoms with Gasteiger partial charge in [-0.3, -0.25) is 4.79 Å². The molecule has 5 saturated heterocycles. The number of ether oxygens (including phenoxy) is 12. The van der Waals surface area contributed by atoms with Crippen LogP contribution in [-0.2, 0) is 66.4 Å². The zero-order chi connectivity index (χ0) is 34.1. The van der Waals surface area contributed by atoms with Crippen molar-refractivity contribution in [1.29, 1.82) is 0 Å². The number of rotatable bonds is 10. The molecule has 7 unspecified atom stereocenters. The van der Waals surface area contributed by atoms with Gasteiger partial charge in [-0.25, -0.2) is 9.59 Å². The molecule has 7 atom stereocenters. The first-order valence-electron chi connectivity index (χ1n) is 15.6. The third kappa shape index (κ3) is 8.12. The lowest BCUT2D eigenvalue weighted by Gasteiger charge is -2.36. The Balaban J connectivity index is 0.000000237. The standard InChI is InChI=1S/C20H34O9.C11H16O6/c1-13-15-16(28-19(5,6)27-15)29-20(13,11-25-14(2)21)12-26-18(3,4)17(22)24-10-8-9-23-7;1-6-7-8(16-10(2,3)15-7)17-11(6)4-13-9(12)14-5-11/h13,15-16H,8-12H2,1-7H3;6-8H,4-5H2,1-3H3. The van der Waals surface area contributed by atoms with Gasteiger partial charge in [0.25, 0.3) is 0 Å². The minimum absolute atomic E-state index is 0.00175. The molecular weight excluding hydrogens is 612 g/mol. The van der Waals surface area contributed by atoms with E-state index in [9.17, 15) is 14.4 Å². The highest BCUT2D eigenvalue weighted by Gasteiger charge is 2.63. The molecule has 0 N–H and O–H groups in total. The van der Waals surface area contributed by atoms with E-state index in [1.807, 2.05) is 41.5 Å². The van der Waals surface area contributed by atoms with Crippen molar-refractivity contribution >= 4 is 18.1 Å². The lowest BCUT2D eigenvalue weighted by Crippen LogP contribution is -2.51. The van der Waals surface area contributed by atoms with E-state index >= 15 is 0 Å². The third-order valence-electron chi connectivity index (χ3n) is 8.81. The van der Waals surface area contributed by atoms with Gasteiger partial charge in [0, 0.05) is 38.9 Å². The van der Waals surface area contributed by atoms with E-state index in [1.165, 1.54) is 6.92 Å². The summed E-state index contributed by atoms with van der Waals surface area (Å²) in [7, 11) is 1.59. The van der Waals surface area contributed by atoms with E-state index < -0.39 is 59.1 Å². The Hall–Kier alpha value is -2.11. The number of methoxy groups -OCH3 is 1. The molecule has 5 rings (SSSR count). The van der Waals surface area contributed by atoms with Gasteiger partial charge in [-0.15, -0.1) is 0 Å². The smallest absolute Gasteiger partial charge is 0.463 e. The molecule has 0 aromatic carbocycles. The molecule has 5 aliphatic heterocycles. The molecule has 0 aromatic heterocycles. The summed E-state index contributed by atoms with van der Waals surface area (Å²) in [6, 6.07) is 0. The molecule has 0 bridgehead atoms. The van der Waals surface area contributed by atoms with Crippen molar-refractivity contribution < 1.29 is 71.2 Å². The fourth-order valence-corrected chi connectivity index (χ4v) is 5.93. The molecule has 0 aromatic rings. The van der Waals surface area contributed by atoms with Crippen LogP contribution in [0.25, 0.3) is 0 Å². The number of esters is 2. The Morgan fingerprint density at radius 2 is 1.37 bits per heavy atom. The number of hydrogen-bond donors (Lipinski definition) is 0. The van der Waals surface area contributed by atoms with Crippen LogP contribution in [0.15, 0.2) is 0 Å². The SMILES string of the molecule is CC1C2OC(C)(C)OC2OC12COC(=O)OC2.COCCCOC(=O)C(C)(C)OCC1(COC(C)=O)OC2OC(C)(C)OC2C1C. The van der Waals surface area contributed by atoms with E-state index in [4.69, 9.17) is 56.8 Å². The Labute approximate surface area is 270 Å². The van der Waals surface area contributed by atoms with E-state index in [0.717, 1.165) is 0 Å². The Morgan fingerprint density at radius 3 is 1.89 bits per heavy atom. The van der Waals surface area contributed by atoms with Crippen LogP contribution in [0.1, 0.15) is 68.7 Å². The van der Waals surface area contributed by atoms with Crippen molar-refractivity contribution in [2.45, 2.75) is 122 Å². The van der Waals surface area contributed by atoms with Crippen molar-refractivity contribution in [3.05, 3.63) is 0 Å². The highest BCUT2D eigenvalue weighted by atomic mass is 16.9. The van der Waals surface area contributed by atoms with Crippen LogP contribution in [0.2, 0.25) is 0 Å². The zero-order valence-electron chi connectivity index (χ0n) is 28.5. The summed E-state index contributed by atoms with van der Waals surface area (Å²) in [5, 5.41) is 0. The molecule has 1 spiro atoms. The second kappa shape index (κ2) is 13.8. The fraction of sp³-hybridized carbons (Fsp3) is 0.903. The predicted octanol–water partition coefficient (Wildman–Crippen LogP) is 2.84. The van der Waals surface area contributed by atoms with Crippen molar-refractivity contribution in [3.8, 4) is 0 Å². The quantitative estimate of drug-likeness (QED) is 0.191. The van der Waals surface area contributed by atoms with E-state index in [0.29, 0.717) is 13.0 Å².